The van der Waals surface area contributed by atoms with Gasteiger partial charge >= 0.3 is 5.97 Å². The maximum atomic E-state index is 12.0. The Bertz CT molecular complexity index is 370. The second-order valence-electron chi connectivity index (χ2n) is 6.04. The summed E-state index contributed by atoms with van der Waals surface area (Å²) in [5.74, 6) is -1.03. The van der Waals surface area contributed by atoms with Gasteiger partial charge < -0.3 is 15.2 Å². The van der Waals surface area contributed by atoms with Gasteiger partial charge in [-0.15, -0.1) is 0 Å². The lowest BCUT2D eigenvalue weighted by atomic mass is 9.77. The van der Waals surface area contributed by atoms with Crippen molar-refractivity contribution in [3.63, 3.8) is 0 Å². The quantitative estimate of drug-likeness (QED) is 0.410. The van der Waals surface area contributed by atoms with E-state index in [1.54, 1.807) is 0 Å². The summed E-state index contributed by atoms with van der Waals surface area (Å²) in [6.45, 7) is 6.90. The van der Waals surface area contributed by atoms with Crippen LogP contribution < -0.4 is 5.32 Å². The van der Waals surface area contributed by atoms with Gasteiger partial charge in [0.1, 0.15) is 0 Å². The number of carboxylic acid groups (broad SMARTS) is 1. The molecule has 1 amide bonds. The Labute approximate surface area is 126 Å². The molecular weight excluding hydrogens is 270 g/mol. The highest BCUT2D eigenvalue weighted by Crippen LogP contribution is 2.38. The summed E-state index contributed by atoms with van der Waals surface area (Å²) in [5, 5.41) is 12.3. The van der Waals surface area contributed by atoms with E-state index in [9.17, 15) is 14.7 Å². The minimum atomic E-state index is -0.876. The molecule has 1 saturated carbocycles. The molecule has 0 aromatic carbocycles. The second kappa shape index (κ2) is 8.82. The van der Waals surface area contributed by atoms with Crippen molar-refractivity contribution in [1.82, 2.24) is 5.32 Å². The Morgan fingerprint density at radius 2 is 1.86 bits per heavy atom. The third kappa shape index (κ3) is 6.29. The van der Waals surface area contributed by atoms with Gasteiger partial charge in [-0.3, -0.25) is 9.59 Å². The molecule has 21 heavy (non-hydrogen) atoms. The molecule has 0 aromatic heterocycles. The SMILES string of the molecule is C=C(C)COCCNC(=O)CC1(C(=O)O)CCCCCC1. The maximum Gasteiger partial charge on any atom is 0.310 e. The van der Waals surface area contributed by atoms with Gasteiger partial charge in [-0.2, -0.15) is 0 Å². The molecule has 120 valence electrons. The predicted molar refractivity (Wildman–Crippen MR) is 81.0 cm³/mol. The van der Waals surface area contributed by atoms with Crippen LogP contribution in [0.1, 0.15) is 51.9 Å². The third-order valence-electron chi connectivity index (χ3n) is 3.93. The van der Waals surface area contributed by atoms with Crippen molar-refractivity contribution < 1.29 is 19.4 Å². The first-order chi connectivity index (χ1) is 9.96. The zero-order valence-corrected chi connectivity index (χ0v) is 13.0. The Kier molecular flexibility index (Phi) is 7.43. The second-order valence-corrected chi connectivity index (χ2v) is 6.04. The maximum absolute atomic E-state index is 12.0. The van der Waals surface area contributed by atoms with Gasteiger partial charge in [0.2, 0.25) is 5.91 Å². The topological polar surface area (TPSA) is 75.6 Å². The van der Waals surface area contributed by atoms with Crippen molar-refractivity contribution in [2.45, 2.75) is 51.9 Å². The minimum Gasteiger partial charge on any atom is -0.481 e. The first-order valence-electron chi connectivity index (χ1n) is 7.68. The number of carboxylic acids is 1. The minimum absolute atomic E-state index is 0.0722. The van der Waals surface area contributed by atoms with E-state index in [1.165, 1.54) is 0 Å². The van der Waals surface area contributed by atoms with Gasteiger partial charge in [-0.05, 0) is 19.8 Å². The highest BCUT2D eigenvalue weighted by atomic mass is 16.5. The molecule has 0 aliphatic heterocycles. The molecular formula is C16H27NO4. The lowest BCUT2D eigenvalue weighted by Gasteiger charge is -2.27. The van der Waals surface area contributed by atoms with Crippen LogP contribution in [0, 0.1) is 5.41 Å². The van der Waals surface area contributed by atoms with Crippen molar-refractivity contribution in [2.75, 3.05) is 19.8 Å². The van der Waals surface area contributed by atoms with Crippen LogP contribution in [0.4, 0.5) is 0 Å². The summed E-state index contributed by atoms with van der Waals surface area (Å²) in [7, 11) is 0. The average molecular weight is 297 g/mol. The van der Waals surface area contributed by atoms with Crippen LogP contribution in [0.15, 0.2) is 12.2 Å². The third-order valence-corrected chi connectivity index (χ3v) is 3.93. The monoisotopic (exact) mass is 297 g/mol. The number of carbonyl (C=O) groups excluding carboxylic acids is 1. The zero-order chi connectivity index (χ0) is 15.7. The Morgan fingerprint density at radius 1 is 1.24 bits per heavy atom. The Hall–Kier alpha value is -1.36. The number of rotatable bonds is 8. The van der Waals surface area contributed by atoms with Crippen molar-refractivity contribution in [2.24, 2.45) is 5.41 Å². The summed E-state index contributed by atoms with van der Waals surface area (Å²) in [6.07, 6.45) is 5.17. The molecule has 0 saturated heterocycles. The number of hydrogen-bond acceptors (Lipinski definition) is 3. The van der Waals surface area contributed by atoms with E-state index in [0.29, 0.717) is 32.6 Å². The zero-order valence-electron chi connectivity index (χ0n) is 13.0. The standard InChI is InChI=1S/C16H27NO4/c1-13(2)12-21-10-9-17-14(18)11-16(15(19)20)7-5-3-4-6-8-16/h1,3-12H2,2H3,(H,17,18)(H,19,20). The van der Waals surface area contributed by atoms with Crippen molar-refractivity contribution in [1.29, 1.82) is 0 Å². The van der Waals surface area contributed by atoms with E-state index in [-0.39, 0.29) is 12.3 Å². The van der Waals surface area contributed by atoms with Crippen molar-refractivity contribution >= 4 is 11.9 Å². The molecule has 0 bridgehead atoms. The summed E-state index contributed by atoms with van der Waals surface area (Å²) < 4.78 is 5.30. The van der Waals surface area contributed by atoms with Crippen LogP contribution in [0.3, 0.4) is 0 Å². The molecule has 0 heterocycles. The van der Waals surface area contributed by atoms with Gasteiger partial charge in [-0.25, -0.2) is 0 Å². The number of nitrogens with one attached hydrogen (secondary N) is 1. The molecule has 1 aliphatic carbocycles. The van der Waals surface area contributed by atoms with Crippen LogP contribution in [-0.2, 0) is 14.3 Å². The normalized spacial score (nSPS) is 17.8. The smallest absolute Gasteiger partial charge is 0.310 e. The first kappa shape index (κ1) is 17.7. The highest BCUT2D eigenvalue weighted by Gasteiger charge is 2.40. The molecule has 5 nitrogen and oxygen atoms in total. The predicted octanol–water partition coefficient (Wildman–Crippen LogP) is 2.51. The summed E-state index contributed by atoms with van der Waals surface area (Å²) in [6, 6.07) is 0. The summed E-state index contributed by atoms with van der Waals surface area (Å²) >= 11 is 0. The number of carbonyl (C=O) groups is 2. The number of amides is 1. The van der Waals surface area contributed by atoms with E-state index in [0.717, 1.165) is 31.3 Å². The van der Waals surface area contributed by atoms with Crippen LogP contribution >= 0.6 is 0 Å². The molecule has 0 spiro atoms. The van der Waals surface area contributed by atoms with Gasteiger partial charge in [0.05, 0.1) is 18.6 Å². The fraction of sp³-hybridized carbons (Fsp3) is 0.750. The van der Waals surface area contributed by atoms with Crippen LogP contribution in [0.25, 0.3) is 0 Å². The number of hydrogen-bond donors (Lipinski definition) is 2. The van der Waals surface area contributed by atoms with Crippen LogP contribution in [-0.4, -0.2) is 36.7 Å². The van der Waals surface area contributed by atoms with Gasteiger partial charge in [0, 0.05) is 13.0 Å². The van der Waals surface area contributed by atoms with E-state index in [4.69, 9.17) is 4.74 Å². The van der Waals surface area contributed by atoms with Crippen LogP contribution in [0.5, 0.6) is 0 Å². The lowest BCUT2D eigenvalue weighted by Crippen LogP contribution is -2.38. The Balaban J connectivity index is 2.38. The molecule has 1 aliphatic rings. The fourth-order valence-electron chi connectivity index (χ4n) is 2.75. The van der Waals surface area contributed by atoms with Crippen molar-refractivity contribution in [3.8, 4) is 0 Å². The molecule has 1 rings (SSSR count). The lowest BCUT2D eigenvalue weighted by molar-refractivity contribution is -0.152. The molecule has 1 fully saturated rings. The van der Waals surface area contributed by atoms with Crippen molar-refractivity contribution in [3.05, 3.63) is 12.2 Å². The number of ether oxygens (including phenoxy) is 1. The molecule has 0 aromatic rings. The fourth-order valence-corrected chi connectivity index (χ4v) is 2.75. The van der Waals surface area contributed by atoms with E-state index in [1.807, 2.05) is 6.92 Å². The van der Waals surface area contributed by atoms with Gasteiger partial charge in [-0.1, -0.05) is 37.8 Å². The molecule has 2 N–H and O–H groups in total. The van der Waals surface area contributed by atoms with E-state index in [2.05, 4.69) is 11.9 Å². The first-order valence-corrected chi connectivity index (χ1v) is 7.68. The Morgan fingerprint density at radius 3 is 2.38 bits per heavy atom. The number of aliphatic carboxylic acids is 1. The molecule has 0 radical (unpaired) electrons. The van der Waals surface area contributed by atoms with E-state index < -0.39 is 11.4 Å². The highest BCUT2D eigenvalue weighted by molar-refractivity contribution is 5.85. The van der Waals surface area contributed by atoms with Gasteiger partial charge in [0.15, 0.2) is 0 Å². The van der Waals surface area contributed by atoms with E-state index >= 15 is 0 Å². The summed E-state index contributed by atoms with van der Waals surface area (Å²) in [5.41, 5.74) is 0.0590. The molecule has 0 unspecified atom stereocenters. The molecule has 0 atom stereocenters. The average Bonchev–Trinajstić information content (AvgIpc) is 2.64. The molecule has 5 heteroatoms. The van der Waals surface area contributed by atoms with Crippen LogP contribution in [0.2, 0.25) is 0 Å². The largest absolute Gasteiger partial charge is 0.481 e. The summed E-state index contributed by atoms with van der Waals surface area (Å²) in [4.78, 5) is 23.6. The van der Waals surface area contributed by atoms with Gasteiger partial charge in [0.25, 0.3) is 0 Å².